The Bertz CT molecular complexity index is 234. The number of rotatable bonds is 6. The number of hydrogen-bond acceptors (Lipinski definition) is 1. The topological polar surface area (TPSA) is 20.2 Å². The molecular formula is C13H22O. The van der Waals surface area contributed by atoms with E-state index in [2.05, 4.69) is 40.0 Å². The van der Waals surface area contributed by atoms with Gasteiger partial charge < -0.3 is 5.11 Å². The fourth-order valence-corrected chi connectivity index (χ4v) is 1.26. The predicted octanol–water partition coefficient (Wildman–Crippen LogP) is 3.47. The Kier molecular flexibility index (Phi) is 5.47. The van der Waals surface area contributed by atoms with Gasteiger partial charge in [0.05, 0.1) is 6.61 Å². The average Bonchev–Trinajstić information content (AvgIpc) is 2.15. The van der Waals surface area contributed by atoms with E-state index >= 15 is 0 Å². The summed E-state index contributed by atoms with van der Waals surface area (Å²) in [5.41, 5.74) is 2.03. The van der Waals surface area contributed by atoms with E-state index in [-0.39, 0.29) is 12.0 Å². The van der Waals surface area contributed by atoms with Crippen molar-refractivity contribution in [1.29, 1.82) is 0 Å². The molecule has 0 aliphatic carbocycles. The molecule has 80 valence electrons. The summed E-state index contributed by atoms with van der Waals surface area (Å²) in [5.74, 6) is 0. The Hall–Kier alpha value is -0.820. The molecule has 0 fully saturated rings. The van der Waals surface area contributed by atoms with Crippen LogP contribution in [0.15, 0.2) is 36.5 Å². The molecule has 0 heterocycles. The molecule has 1 N–H and O–H groups in total. The van der Waals surface area contributed by atoms with E-state index in [4.69, 9.17) is 5.11 Å². The molecule has 1 heteroatoms. The van der Waals surface area contributed by atoms with Crippen LogP contribution in [0.1, 0.15) is 33.6 Å². The summed E-state index contributed by atoms with van der Waals surface area (Å²) in [6.07, 6.45) is 6.04. The molecule has 1 atom stereocenters. The lowest BCUT2D eigenvalue weighted by atomic mass is 9.79. The lowest BCUT2D eigenvalue weighted by Gasteiger charge is -2.26. The summed E-state index contributed by atoms with van der Waals surface area (Å²) in [5, 5.41) is 9.05. The highest BCUT2D eigenvalue weighted by atomic mass is 16.3. The molecule has 0 radical (unpaired) electrons. The van der Waals surface area contributed by atoms with Crippen LogP contribution in [-0.4, -0.2) is 11.7 Å². The van der Waals surface area contributed by atoms with Gasteiger partial charge in [0.1, 0.15) is 0 Å². The van der Waals surface area contributed by atoms with Gasteiger partial charge in [0.2, 0.25) is 0 Å². The van der Waals surface area contributed by atoms with E-state index < -0.39 is 0 Å². The molecule has 0 aliphatic heterocycles. The van der Waals surface area contributed by atoms with E-state index in [0.29, 0.717) is 0 Å². The van der Waals surface area contributed by atoms with Gasteiger partial charge in [-0.25, -0.2) is 0 Å². The molecule has 0 saturated carbocycles. The molecule has 1 nitrogen and oxygen atoms in total. The second kappa shape index (κ2) is 5.82. The fraction of sp³-hybridized carbons (Fsp3) is 0.538. The normalized spacial score (nSPS) is 14.3. The van der Waals surface area contributed by atoms with Crippen LogP contribution in [0.2, 0.25) is 0 Å². The van der Waals surface area contributed by atoms with Gasteiger partial charge in [-0.15, -0.1) is 6.58 Å². The monoisotopic (exact) mass is 194 g/mol. The van der Waals surface area contributed by atoms with Crippen molar-refractivity contribution in [3.8, 4) is 0 Å². The maximum atomic E-state index is 9.05. The van der Waals surface area contributed by atoms with E-state index in [1.54, 1.807) is 0 Å². The van der Waals surface area contributed by atoms with Gasteiger partial charge in [-0.05, 0) is 32.3 Å². The van der Waals surface area contributed by atoms with Crippen molar-refractivity contribution in [2.45, 2.75) is 33.6 Å². The smallest absolute Gasteiger partial charge is 0.0647 e. The van der Waals surface area contributed by atoms with Gasteiger partial charge >= 0.3 is 0 Å². The Balaban J connectivity index is 4.34. The maximum absolute atomic E-state index is 9.05. The van der Waals surface area contributed by atoms with Crippen LogP contribution in [-0.2, 0) is 0 Å². The van der Waals surface area contributed by atoms with E-state index in [0.717, 1.165) is 18.4 Å². The Morgan fingerprint density at radius 1 is 1.43 bits per heavy atom. The van der Waals surface area contributed by atoms with Gasteiger partial charge in [-0.1, -0.05) is 31.2 Å². The maximum Gasteiger partial charge on any atom is 0.0647 e. The third kappa shape index (κ3) is 3.93. The molecule has 0 aromatic heterocycles. The minimum absolute atomic E-state index is 0.0390. The predicted molar refractivity (Wildman–Crippen MR) is 63.2 cm³/mol. The van der Waals surface area contributed by atoms with Crippen molar-refractivity contribution in [1.82, 2.24) is 0 Å². The van der Waals surface area contributed by atoms with Crippen LogP contribution in [0, 0.1) is 5.41 Å². The van der Waals surface area contributed by atoms with Crippen molar-refractivity contribution < 1.29 is 5.11 Å². The molecule has 0 spiro atoms. The van der Waals surface area contributed by atoms with Crippen LogP contribution in [0.5, 0.6) is 0 Å². The summed E-state index contributed by atoms with van der Waals surface area (Å²) in [4.78, 5) is 0. The summed E-state index contributed by atoms with van der Waals surface area (Å²) < 4.78 is 0. The van der Waals surface area contributed by atoms with Crippen LogP contribution >= 0.6 is 0 Å². The van der Waals surface area contributed by atoms with Crippen molar-refractivity contribution in [3.05, 3.63) is 36.5 Å². The standard InChI is InChI=1S/C13H22O/c1-6-13(5,12(4)10-14)9-7-8-11(2)3/h6,8,14H,1,4,7,9-10H2,2-3,5H3. The van der Waals surface area contributed by atoms with Crippen LogP contribution in [0.3, 0.4) is 0 Å². The first-order valence-corrected chi connectivity index (χ1v) is 5.02. The van der Waals surface area contributed by atoms with Crippen LogP contribution < -0.4 is 0 Å². The lowest BCUT2D eigenvalue weighted by molar-refractivity contribution is 0.295. The quantitative estimate of drug-likeness (QED) is 0.642. The average molecular weight is 194 g/mol. The zero-order chi connectivity index (χ0) is 11.2. The minimum Gasteiger partial charge on any atom is -0.392 e. The molecule has 1 unspecified atom stereocenters. The Morgan fingerprint density at radius 3 is 2.36 bits per heavy atom. The molecule has 0 rings (SSSR count). The van der Waals surface area contributed by atoms with Gasteiger partial charge in [0, 0.05) is 5.41 Å². The Morgan fingerprint density at radius 2 is 2.00 bits per heavy atom. The summed E-state index contributed by atoms with van der Waals surface area (Å²) in [6.45, 7) is 14.0. The number of hydrogen-bond donors (Lipinski definition) is 1. The highest BCUT2D eigenvalue weighted by Gasteiger charge is 2.22. The van der Waals surface area contributed by atoms with Crippen LogP contribution in [0.4, 0.5) is 0 Å². The van der Waals surface area contributed by atoms with Crippen molar-refractivity contribution >= 4 is 0 Å². The molecule has 0 saturated heterocycles. The van der Waals surface area contributed by atoms with Gasteiger partial charge in [0.15, 0.2) is 0 Å². The van der Waals surface area contributed by atoms with Gasteiger partial charge in [-0.2, -0.15) is 0 Å². The second-order valence-electron chi connectivity index (χ2n) is 4.20. The van der Waals surface area contributed by atoms with Crippen LogP contribution in [0.25, 0.3) is 0 Å². The highest BCUT2D eigenvalue weighted by molar-refractivity contribution is 5.17. The Labute approximate surface area is 87.8 Å². The summed E-state index contributed by atoms with van der Waals surface area (Å²) >= 11 is 0. The van der Waals surface area contributed by atoms with Gasteiger partial charge in [-0.3, -0.25) is 0 Å². The SMILES string of the molecule is C=CC(C)(CCC=C(C)C)C(=C)CO. The summed E-state index contributed by atoms with van der Waals surface area (Å²) in [6, 6.07) is 0. The van der Waals surface area contributed by atoms with Crippen molar-refractivity contribution in [2.24, 2.45) is 5.41 Å². The number of aliphatic hydroxyl groups excluding tert-OH is 1. The molecule has 0 aromatic rings. The van der Waals surface area contributed by atoms with Gasteiger partial charge in [0.25, 0.3) is 0 Å². The van der Waals surface area contributed by atoms with E-state index in [1.807, 2.05) is 6.08 Å². The fourth-order valence-electron chi connectivity index (χ4n) is 1.26. The number of allylic oxidation sites excluding steroid dienone is 3. The summed E-state index contributed by atoms with van der Waals surface area (Å²) in [7, 11) is 0. The minimum atomic E-state index is -0.138. The first-order chi connectivity index (χ1) is 6.46. The molecule has 14 heavy (non-hydrogen) atoms. The first-order valence-electron chi connectivity index (χ1n) is 5.02. The highest BCUT2D eigenvalue weighted by Crippen LogP contribution is 2.32. The van der Waals surface area contributed by atoms with E-state index in [9.17, 15) is 0 Å². The zero-order valence-corrected chi connectivity index (χ0v) is 9.64. The van der Waals surface area contributed by atoms with Crippen molar-refractivity contribution in [2.75, 3.05) is 6.61 Å². The molecule has 0 amide bonds. The number of aliphatic hydroxyl groups is 1. The third-order valence-corrected chi connectivity index (χ3v) is 2.67. The lowest BCUT2D eigenvalue weighted by Crippen LogP contribution is -2.17. The zero-order valence-electron chi connectivity index (χ0n) is 9.64. The molecular weight excluding hydrogens is 172 g/mol. The first kappa shape index (κ1) is 13.2. The van der Waals surface area contributed by atoms with Crippen molar-refractivity contribution in [3.63, 3.8) is 0 Å². The third-order valence-electron chi connectivity index (χ3n) is 2.67. The van der Waals surface area contributed by atoms with E-state index in [1.165, 1.54) is 5.57 Å². The largest absolute Gasteiger partial charge is 0.392 e. The molecule has 0 aliphatic rings. The molecule has 0 bridgehead atoms. The molecule has 0 aromatic carbocycles. The second-order valence-corrected chi connectivity index (χ2v) is 4.20.